The molecule has 0 spiro atoms. The van der Waals surface area contributed by atoms with Gasteiger partial charge in [-0.2, -0.15) is 0 Å². The standard InChI is InChI=1S/C8H10N2/c1-6-5-7(6)8-9-3-2-4-10-8/h2-4,6-7H,5H2,1H3. The number of hydrogen-bond acceptors (Lipinski definition) is 2. The summed E-state index contributed by atoms with van der Waals surface area (Å²) >= 11 is 0. The van der Waals surface area contributed by atoms with Gasteiger partial charge in [0.15, 0.2) is 0 Å². The highest BCUT2D eigenvalue weighted by atomic mass is 14.9. The minimum Gasteiger partial charge on any atom is -0.241 e. The summed E-state index contributed by atoms with van der Waals surface area (Å²) in [6.45, 7) is 2.24. The molecule has 1 heterocycles. The van der Waals surface area contributed by atoms with Crippen LogP contribution in [0.4, 0.5) is 0 Å². The fourth-order valence-electron chi connectivity index (χ4n) is 1.18. The van der Waals surface area contributed by atoms with E-state index < -0.39 is 0 Å². The average Bonchev–Trinajstić information content (AvgIpc) is 2.69. The van der Waals surface area contributed by atoms with Crippen LogP contribution in [0.1, 0.15) is 25.1 Å². The van der Waals surface area contributed by atoms with E-state index in [1.54, 1.807) is 0 Å². The Morgan fingerprint density at radius 3 is 2.50 bits per heavy atom. The van der Waals surface area contributed by atoms with Gasteiger partial charge in [-0.3, -0.25) is 0 Å². The molecule has 2 atom stereocenters. The molecule has 0 aliphatic heterocycles. The second kappa shape index (κ2) is 2.04. The van der Waals surface area contributed by atoms with Crippen molar-refractivity contribution in [2.45, 2.75) is 19.3 Å². The predicted molar refractivity (Wildman–Crippen MR) is 38.6 cm³/mol. The molecule has 10 heavy (non-hydrogen) atoms. The monoisotopic (exact) mass is 134 g/mol. The number of aromatic nitrogens is 2. The first-order chi connectivity index (χ1) is 4.88. The first-order valence-corrected chi connectivity index (χ1v) is 3.65. The highest BCUT2D eigenvalue weighted by Crippen LogP contribution is 2.44. The molecule has 0 aromatic carbocycles. The zero-order valence-corrected chi connectivity index (χ0v) is 5.99. The van der Waals surface area contributed by atoms with E-state index in [0.717, 1.165) is 11.7 Å². The highest BCUT2D eigenvalue weighted by Gasteiger charge is 2.36. The van der Waals surface area contributed by atoms with Gasteiger partial charge in [-0.05, 0) is 18.4 Å². The molecule has 0 amide bonds. The zero-order valence-electron chi connectivity index (χ0n) is 5.99. The van der Waals surface area contributed by atoms with Gasteiger partial charge in [0.05, 0.1) is 0 Å². The Morgan fingerprint density at radius 1 is 1.40 bits per heavy atom. The van der Waals surface area contributed by atoms with E-state index in [-0.39, 0.29) is 0 Å². The van der Waals surface area contributed by atoms with Gasteiger partial charge in [0.2, 0.25) is 0 Å². The molecule has 2 rings (SSSR count). The summed E-state index contributed by atoms with van der Waals surface area (Å²) in [5.41, 5.74) is 0. The van der Waals surface area contributed by atoms with Crippen LogP contribution in [0.3, 0.4) is 0 Å². The van der Waals surface area contributed by atoms with Gasteiger partial charge in [0.1, 0.15) is 5.82 Å². The lowest BCUT2D eigenvalue weighted by atomic mass is 10.3. The normalized spacial score (nSPS) is 30.1. The van der Waals surface area contributed by atoms with Crippen molar-refractivity contribution in [3.05, 3.63) is 24.3 Å². The Labute approximate surface area is 60.3 Å². The summed E-state index contributed by atoms with van der Waals surface area (Å²) in [6.07, 6.45) is 4.89. The largest absolute Gasteiger partial charge is 0.241 e. The molecular weight excluding hydrogens is 124 g/mol. The molecule has 1 aromatic heterocycles. The number of nitrogens with zero attached hydrogens (tertiary/aromatic N) is 2. The molecule has 1 fully saturated rings. The van der Waals surface area contributed by atoms with Crippen molar-refractivity contribution < 1.29 is 0 Å². The maximum Gasteiger partial charge on any atom is 0.131 e. The van der Waals surface area contributed by atoms with E-state index in [1.807, 2.05) is 18.5 Å². The molecule has 0 radical (unpaired) electrons. The van der Waals surface area contributed by atoms with E-state index in [0.29, 0.717) is 5.92 Å². The van der Waals surface area contributed by atoms with Gasteiger partial charge in [-0.15, -0.1) is 0 Å². The molecule has 2 heteroatoms. The van der Waals surface area contributed by atoms with Gasteiger partial charge in [0, 0.05) is 18.3 Å². The Hall–Kier alpha value is -0.920. The lowest BCUT2D eigenvalue weighted by molar-refractivity contribution is 0.842. The Bertz CT molecular complexity index is 220. The minimum absolute atomic E-state index is 0.654. The van der Waals surface area contributed by atoms with Crippen LogP contribution < -0.4 is 0 Å². The van der Waals surface area contributed by atoms with Gasteiger partial charge in [0.25, 0.3) is 0 Å². The summed E-state index contributed by atoms with van der Waals surface area (Å²) in [5.74, 6) is 2.48. The van der Waals surface area contributed by atoms with Gasteiger partial charge < -0.3 is 0 Å². The molecule has 1 aliphatic carbocycles. The Morgan fingerprint density at radius 2 is 2.00 bits per heavy atom. The van der Waals surface area contributed by atoms with Crippen molar-refractivity contribution in [2.75, 3.05) is 0 Å². The molecule has 1 saturated carbocycles. The van der Waals surface area contributed by atoms with Crippen LogP contribution in [0.15, 0.2) is 18.5 Å². The number of hydrogen-bond donors (Lipinski definition) is 0. The topological polar surface area (TPSA) is 25.8 Å². The van der Waals surface area contributed by atoms with Gasteiger partial charge in [-0.25, -0.2) is 9.97 Å². The molecule has 2 nitrogen and oxygen atoms in total. The maximum absolute atomic E-state index is 4.18. The smallest absolute Gasteiger partial charge is 0.131 e. The maximum atomic E-state index is 4.18. The summed E-state index contributed by atoms with van der Waals surface area (Å²) in [4.78, 5) is 8.36. The van der Waals surface area contributed by atoms with Crippen LogP contribution in [0, 0.1) is 5.92 Å². The third-order valence-electron chi connectivity index (χ3n) is 2.03. The van der Waals surface area contributed by atoms with Crippen LogP contribution >= 0.6 is 0 Å². The SMILES string of the molecule is CC1CC1c1ncccn1. The molecule has 0 N–H and O–H groups in total. The van der Waals surface area contributed by atoms with Crippen LogP contribution in [0.5, 0.6) is 0 Å². The number of rotatable bonds is 1. The van der Waals surface area contributed by atoms with E-state index in [4.69, 9.17) is 0 Å². The van der Waals surface area contributed by atoms with Gasteiger partial charge >= 0.3 is 0 Å². The van der Waals surface area contributed by atoms with Crippen molar-refractivity contribution in [2.24, 2.45) is 5.92 Å². The van der Waals surface area contributed by atoms with Gasteiger partial charge in [-0.1, -0.05) is 6.92 Å². The third kappa shape index (κ3) is 0.897. The third-order valence-corrected chi connectivity index (χ3v) is 2.03. The van der Waals surface area contributed by atoms with Crippen LogP contribution in [-0.4, -0.2) is 9.97 Å². The predicted octanol–water partition coefficient (Wildman–Crippen LogP) is 1.60. The summed E-state index contributed by atoms with van der Waals surface area (Å²) in [7, 11) is 0. The zero-order chi connectivity index (χ0) is 6.97. The Balaban J connectivity index is 2.20. The van der Waals surface area contributed by atoms with Crippen LogP contribution in [-0.2, 0) is 0 Å². The fourth-order valence-corrected chi connectivity index (χ4v) is 1.18. The van der Waals surface area contributed by atoms with E-state index >= 15 is 0 Å². The molecule has 1 aliphatic rings. The quantitative estimate of drug-likeness (QED) is 0.583. The van der Waals surface area contributed by atoms with E-state index in [9.17, 15) is 0 Å². The summed E-state index contributed by atoms with van der Waals surface area (Å²) in [5, 5.41) is 0. The minimum atomic E-state index is 0.654. The Kier molecular flexibility index (Phi) is 1.19. The van der Waals surface area contributed by atoms with Crippen LogP contribution in [0.2, 0.25) is 0 Å². The average molecular weight is 134 g/mol. The second-order valence-corrected chi connectivity index (χ2v) is 2.93. The fraction of sp³-hybridized carbons (Fsp3) is 0.500. The summed E-state index contributed by atoms with van der Waals surface area (Å²) in [6, 6.07) is 1.86. The summed E-state index contributed by atoms with van der Waals surface area (Å²) < 4.78 is 0. The van der Waals surface area contributed by atoms with E-state index in [2.05, 4.69) is 16.9 Å². The lowest BCUT2D eigenvalue weighted by Gasteiger charge is -1.92. The molecule has 2 unspecified atom stereocenters. The molecular formula is C8H10N2. The first-order valence-electron chi connectivity index (χ1n) is 3.65. The molecule has 1 aromatic rings. The van der Waals surface area contributed by atoms with Crippen molar-refractivity contribution in [1.82, 2.24) is 9.97 Å². The lowest BCUT2D eigenvalue weighted by Crippen LogP contribution is -1.89. The van der Waals surface area contributed by atoms with E-state index in [1.165, 1.54) is 6.42 Å². The van der Waals surface area contributed by atoms with Crippen molar-refractivity contribution in [3.63, 3.8) is 0 Å². The van der Waals surface area contributed by atoms with Crippen molar-refractivity contribution >= 4 is 0 Å². The first kappa shape index (κ1) is 5.83. The van der Waals surface area contributed by atoms with Crippen molar-refractivity contribution in [3.8, 4) is 0 Å². The molecule has 0 saturated heterocycles. The van der Waals surface area contributed by atoms with Crippen molar-refractivity contribution in [1.29, 1.82) is 0 Å². The van der Waals surface area contributed by atoms with Crippen LogP contribution in [0.25, 0.3) is 0 Å². The molecule has 52 valence electrons. The molecule has 0 bridgehead atoms. The second-order valence-electron chi connectivity index (χ2n) is 2.93. The highest BCUT2D eigenvalue weighted by molar-refractivity contribution is 5.07.